The first-order valence-electron chi connectivity index (χ1n) is 9.04. The second-order valence-electron chi connectivity index (χ2n) is 6.78. The van der Waals surface area contributed by atoms with Gasteiger partial charge in [0.25, 0.3) is 0 Å². The molecule has 2 heterocycles. The van der Waals surface area contributed by atoms with Crippen molar-refractivity contribution in [3.63, 3.8) is 0 Å². The van der Waals surface area contributed by atoms with Gasteiger partial charge in [-0.05, 0) is 58.3 Å². The van der Waals surface area contributed by atoms with Crippen LogP contribution < -0.4 is 16.0 Å². The molecule has 1 atom stereocenters. The predicted molar refractivity (Wildman–Crippen MR) is 96.8 cm³/mol. The first-order valence-corrected chi connectivity index (χ1v) is 9.04. The van der Waals surface area contributed by atoms with Crippen LogP contribution in [-0.4, -0.2) is 29.1 Å². The topological polar surface area (TPSA) is 67.1 Å². The van der Waals surface area contributed by atoms with Crippen molar-refractivity contribution >= 4 is 17.3 Å². The highest BCUT2D eigenvalue weighted by molar-refractivity contribution is 5.75. The highest BCUT2D eigenvalue weighted by atomic mass is 15.2. The van der Waals surface area contributed by atoms with E-state index in [4.69, 9.17) is 5.73 Å². The minimum atomic E-state index is 0.501. The molecule has 0 amide bonds. The van der Waals surface area contributed by atoms with Gasteiger partial charge < -0.3 is 16.0 Å². The van der Waals surface area contributed by atoms with Crippen LogP contribution in [0, 0.1) is 0 Å². The van der Waals surface area contributed by atoms with E-state index in [0.29, 0.717) is 11.7 Å². The van der Waals surface area contributed by atoms with Gasteiger partial charge in [-0.2, -0.15) is 0 Å². The average molecular weight is 315 g/mol. The van der Waals surface area contributed by atoms with Gasteiger partial charge in [0.15, 0.2) is 11.6 Å². The van der Waals surface area contributed by atoms with Crippen LogP contribution >= 0.6 is 0 Å². The summed E-state index contributed by atoms with van der Waals surface area (Å²) in [7, 11) is 0. The standard InChI is InChI=1S/C18H29N5/c1-14-7-5-6-12-23(14)18-16(19)17(21-13-22-18)20-11-10-15-8-3-2-4-9-15/h8,13-14H,2-7,9-12,19H2,1H3,(H,20,21,22). The molecule has 3 rings (SSSR count). The highest BCUT2D eigenvalue weighted by Crippen LogP contribution is 2.31. The number of allylic oxidation sites excluding steroid dienone is 1. The molecule has 1 saturated heterocycles. The molecule has 1 unspecified atom stereocenters. The number of nitrogens with one attached hydrogen (secondary N) is 1. The SMILES string of the molecule is CC1CCCCN1c1ncnc(NCCC2=CCCCC2)c1N. The van der Waals surface area contributed by atoms with Gasteiger partial charge in [-0.25, -0.2) is 9.97 Å². The molecular formula is C18H29N5. The van der Waals surface area contributed by atoms with Gasteiger partial charge in [0.05, 0.1) is 0 Å². The van der Waals surface area contributed by atoms with E-state index in [2.05, 4.69) is 33.2 Å². The Hall–Kier alpha value is -1.78. The summed E-state index contributed by atoms with van der Waals surface area (Å²) in [5, 5.41) is 3.41. The molecule has 2 aliphatic rings. The van der Waals surface area contributed by atoms with Gasteiger partial charge in [-0.3, -0.25) is 0 Å². The number of aromatic nitrogens is 2. The van der Waals surface area contributed by atoms with Crippen LogP contribution in [0.25, 0.3) is 0 Å². The molecule has 5 nitrogen and oxygen atoms in total. The monoisotopic (exact) mass is 315 g/mol. The number of anilines is 3. The van der Waals surface area contributed by atoms with Crippen LogP contribution in [0.1, 0.15) is 58.3 Å². The van der Waals surface area contributed by atoms with Crippen molar-refractivity contribution in [1.82, 2.24) is 9.97 Å². The smallest absolute Gasteiger partial charge is 0.157 e. The molecule has 23 heavy (non-hydrogen) atoms. The first kappa shape index (κ1) is 16.1. The number of piperidine rings is 1. The second-order valence-corrected chi connectivity index (χ2v) is 6.78. The van der Waals surface area contributed by atoms with E-state index in [9.17, 15) is 0 Å². The third kappa shape index (κ3) is 3.95. The maximum Gasteiger partial charge on any atom is 0.157 e. The lowest BCUT2D eigenvalue weighted by atomic mass is 9.97. The molecule has 0 saturated carbocycles. The Morgan fingerprint density at radius 1 is 1.26 bits per heavy atom. The van der Waals surface area contributed by atoms with E-state index >= 15 is 0 Å². The number of nitrogen functional groups attached to an aromatic ring is 1. The first-order chi connectivity index (χ1) is 11.3. The van der Waals surface area contributed by atoms with Gasteiger partial charge in [0, 0.05) is 19.1 Å². The summed E-state index contributed by atoms with van der Waals surface area (Å²) in [6, 6.07) is 0.501. The fourth-order valence-corrected chi connectivity index (χ4v) is 3.64. The number of hydrogen-bond donors (Lipinski definition) is 2. The molecule has 0 bridgehead atoms. The number of nitrogens with two attached hydrogens (primary N) is 1. The largest absolute Gasteiger partial charge is 0.393 e. The van der Waals surface area contributed by atoms with Crippen molar-refractivity contribution in [2.75, 3.05) is 29.0 Å². The molecule has 126 valence electrons. The van der Waals surface area contributed by atoms with Crippen molar-refractivity contribution in [1.29, 1.82) is 0 Å². The minimum absolute atomic E-state index is 0.501. The van der Waals surface area contributed by atoms with Crippen molar-refractivity contribution in [2.24, 2.45) is 0 Å². The fourth-order valence-electron chi connectivity index (χ4n) is 3.64. The van der Waals surface area contributed by atoms with Gasteiger partial charge in [-0.15, -0.1) is 0 Å². The molecule has 0 aromatic carbocycles. The molecule has 1 aliphatic carbocycles. The molecule has 0 spiro atoms. The van der Waals surface area contributed by atoms with Crippen molar-refractivity contribution < 1.29 is 0 Å². The molecule has 5 heteroatoms. The maximum atomic E-state index is 6.35. The van der Waals surface area contributed by atoms with E-state index in [-0.39, 0.29) is 0 Å². The summed E-state index contributed by atoms with van der Waals surface area (Å²) in [5.74, 6) is 1.68. The summed E-state index contributed by atoms with van der Waals surface area (Å²) in [6.45, 7) is 4.18. The lowest BCUT2D eigenvalue weighted by molar-refractivity contribution is 0.481. The van der Waals surface area contributed by atoms with Crippen molar-refractivity contribution in [2.45, 2.75) is 64.3 Å². The van der Waals surface area contributed by atoms with E-state index < -0.39 is 0 Å². The summed E-state index contributed by atoms with van der Waals surface area (Å²) in [4.78, 5) is 11.1. The zero-order valence-corrected chi connectivity index (χ0v) is 14.2. The number of nitrogens with zero attached hydrogens (tertiary/aromatic N) is 3. The van der Waals surface area contributed by atoms with Crippen LogP contribution in [0.15, 0.2) is 18.0 Å². The van der Waals surface area contributed by atoms with Gasteiger partial charge in [0.2, 0.25) is 0 Å². The zero-order chi connectivity index (χ0) is 16.1. The van der Waals surface area contributed by atoms with Gasteiger partial charge in [-0.1, -0.05) is 11.6 Å². The third-order valence-corrected chi connectivity index (χ3v) is 5.06. The lowest BCUT2D eigenvalue weighted by Gasteiger charge is -2.35. The molecular weight excluding hydrogens is 286 g/mol. The maximum absolute atomic E-state index is 6.35. The Morgan fingerprint density at radius 3 is 2.96 bits per heavy atom. The molecule has 0 radical (unpaired) electrons. The van der Waals surface area contributed by atoms with E-state index in [1.807, 2.05) is 0 Å². The lowest BCUT2D eigenvalue weighted by Crippen LogP contribution is -2.38. The quantitative estimate of drug-likeness (QED) is 0.810. The number of hydrogen-bond acceptors (Lipinski definition) is 5. The molecule has 1 aliphatic heterocycles. The Labute approximate surface area is 139 Å². The van der Waals surface area contributed by atoms with Crippen LogP contribution in [0.3, 0.4) is 0 Å². The second kappa shape index (κ2) is 7.66. The predicted octanol–water partition coefficient (Wildman–Crippen LogP) is 3.74. The number of rotatable bonds is 5. The summed E-state index contributed by atoms with van der Waals surface area (Å²) in [6.07, 6.45) is 14.0. The van der Waals surface area contributed by atoms with Crippen LogP contribution in [-0.2, 0) is 0 Å². The third-order valence-electron chi connectivity index (χ3n) is 5.06. The molecule has 3 N–H and O–H groups in total. The Bertz CT molecular complexity index is 554. The van der Waals surface area contributed by atoms with Crippen LogP contribution in [0.4, 0.5) is 17.3 Å². The van der Waals surface area contributed by atoms with Gasteiger partial charge >= 0.3 is 0 Å². The fraction of sp³-hybridized carbons (Fsp3) is 0.667. The van der Waals surface area contributed by atoms with Gasteiger partial charge in [0.1, 0.15) is 12.0 Å². The summed E-state index contributed by atoms with van der Waals surface area (Å²) in [5.41, 5.74) is 8.62. The van der Waals surface area contributed by atoms with Crippen molar-refractivity contribution in [3.8, 4) is 0 Å². The Kier molecular flexibility index (Phi) is 5.36. The molecule has 1 aromatic rings. The average Bonchev–Trinajstić information content (AvgIpc) is 2.58. The van der Waals surface area contributed by atoms with Crippen LogP contribution in [0.2, 0.25) is 0 Å². The molecule has 1 aromatic heterocycles. The minimum Gasteiger partial charge on any atom is -0.393 e. The normalized spacial score (nSPS) is 21.9. The highest BCUT2D eigenvalue weighted by Gasteiger charge is 2.22. The van der Waals surface area contributed by atoms with Crippen LogP contribution in [0.5, 0.6) is 0 Å². The summed E-state index contributed by atoms with van der Waals surface area (Å²) < 4.78 is 0. The molecule has 1 fully saturated rings. The zero-order valence-electron chi connectivity index (χ0n) is 14.2. The Morgan fingerprint density at radius 2 is 2.17 bits per heavy atom. The summed E-state index contributed by atoms with van der Waals surface area (Å²) >= 11 is 0. The van der Waals surface area contributed by atoms with E-state index in [1.165, 1.54) is 44.9 Å². The Balaban J connectivity index is 1.63. The van der Waals surface area contributed by atoms with E-state index in [0.717, 1.165) is 31.1 Å². The van der Waals surface area contributed by atoms with E-state index in [1.54, 1.807) is 11.9 Å². The van der Waals surface area contributed by atoms with Crippen molar-refractivity contribution in [3.05, 3.63) is 18.0 Å².